The van der Waals surface area contributed by atoms with Gasteiger partial charge in [-0.3, -0.25) is 4.79 Å². The maximum Gasteiger partial charge on any atom is 0.261 e. The second kappa shape index (κ2) is 8.22. The lowest BCUT2D eigenvalue weighted by Gasteiger charge is -2.21. The average molecular weight is 313 g/mol. The molecule has 0 aliphatic carbocycles. The summed E-state index contributed by atoms with van der Waals surface area (Å²) in [6.07, 6.45) is 0.209. The molecule has 0 saturated carbocycles. The first-order valence-electron chi connectivity index (χ1n) is 7.80. The van der Waals surface area contributed by atoms with Crippen LogP contribution in [-0.4, -0.2) is 19.1 Å². The van der Waals surface area contributed by atoms with Gasteiger partial charge in [0.15, 0.2) is 17.6 Å². The van der Waals surface area contributed by atoms with Gasteiger partial charge in [-0.05, 0) is 31.0 Å². The molecule has 0 aromatic heterocycles. The van der Waals surface area contributed by atoms with Crippen LogP contribution < -0.4 is 14.8 Å². The molecule has 0 heterocycles. The van der Waals surface area contributed by atoms with Gasteiger partial charge >= 0.3 is 0 Å². The van der Waals surface area contributed by atoms with E-state index in [1.165, 1.54) is 0 Å². The van der Waals surface area contributed by atoms with Gasteiger partial charge in [0, 0.05) is 0 Å². The Bertz CT molecular complexity index is 628. The zero-order valence-electron chi connectivity index (χ0n) is 13.8. The van der Waals surface area contributed by atoms with Crippen molar-refractivity contribution in [2.24, 2.45) is 0 Å². The molecule has 0 bridgehead atoms. The molecule has 0 saturated heterocycles. The maximum atomic E-state index is 12.4. The van der Waals surface area contributed by atoms with Crippen LogP contribution in [0.3, 0.4) is 0 Å². The first-order chi connectivity index (χ1) is 11.2. The molecule has 122 valence electrons. The highest BCUT2D eigenvalue weighted by molar-refractivity contribution is 5.81. The number of methoxy groups -OCH3 is 1. The van der Waals surface area contributed by atoms with E-state index in [1.54, 1.807) is 26.2 Å². The fraction of sp³-hybridized carbons (Fsp3) is 0.316. The predicted octanol–water partition coefficient (Wildman–Crippen LogP) is 3.73. The van der Waals surface area contributed by atoms with E-state index < -0.39 is 6.10 Å². The highest BCUT2D eigenvalue weighted by atomic mass is 16.5. The topological polar surface area (TPSA) is 47.6 Å². The summed E-state index contributed by atoms with van der Waals surface area (Å²) in [4.78, 5) is 12.4. The van der Waals surface area contributed by atoms with E-state index in [1.807, 2.05) is 49.4 Å². The highest BCUT2D eigenvalue weighted by Crippen LogP contribution is 2.27. The lowest BCUT2D eigenvalue weighted by molar-refractivity contribution is -0.128. The quantitative estimate of drug-likeness (QED) is 0.847. The van der Waals surface area contributed by atoms with Crippen molar-refractivity contribution in [3.05, 3.63) is 60.2 Å². The second-order valence-electron chi connectivity index (χ2n) is 5.29. The third-order valence-corrected chi connectivity index (χ3v) is 3.67. The summed E-state index contributed by atoms with van der Waals surface area (Å²) in [5, 5.41) is 3.04. The first kappa shape index (κ1) is 16.9. The van der Waals surface area contributed by atoms with E-state index in [-0.39, 0.29) is 11.9 Å². The van der Waals surface area contributed by atoms with E-state index in [0.717, 1.165) is 12.0 Å². The van der Waals surface area contributed by atoms with Crippen molar-refractivity contribution in [1.82, 2.24) is 5.32 Å². The highest BCUT2D eigenvalue weighted by Gasteiger charge is 2.20. The minimum absolute atomic E-state index is 0.0209. The number of nitrogens with one attached hydrogen (secondary N) is 1. The van der Waals surface area contributed by atoms with E-state index >= 15 is 0 Å². The molecule has 2 rings (SSSR count). The van der Waals surface area contributed by atoms with Crippen LogP contribution in [0, 0.1) is 0 Å². The first-order valence-corrected chi connectivity index (χ1v) is 7.80. The summed E-state index contributed by atoms with van der Waals surface area (Å²) >= 11 is 0. The van der Waals surface area contributed by atoms with Crippen LogP contribution >= 0.6 is 0 Å². The number of amides is 1. The standard InChI is InChI=1S/C19H23NO3/c1-4-16(15-10-6-5-7-11-15)20-19(21)14(2)23-18-13-9-8-12-17(18)22-3/h5-14,16H,4H2,1-3H3,(H,20,21). The molecular formula is C19H23NO3. The van der Waals surface area contributed by atoms with Gasteiger partial charge in [0.2, 0.25) is 0 Å². The van der Waals surface area contributed by atoms with Crippen molar-refractivity contribution in [3.63, 3.8) is 0 Å². The molecule has 0 fully saturated rings. The number of carbonyl (C=O) groups excluding carboxylic acids is 1. The fourth-order valence-corrected chi connectivity index (χ4v) is 2.36. The smallest absolute Gasteiger partial charge is 0.261 e. The summed E-state index contributed by atoms with van der Waals surface area (Å²) in [6, 6.07) is 17.2. The molecule has 2 aromatic rings. The van der Waals surface area contributed by atoms with Gasteiger partial charge in [-0.1, -0.05) is 49.4 Å². The molecule has 23 heavy (non-hydrogen) atoms. The van der Waals surface area contributed by atoms with Crippen molar-refractivity contribution < 1.29 is 14.3 Å². The van der Waals surface area contributed by atoms with E-state index in [9.17, 15) is 4.79 Å². The Kier molecular flexibility index (Phi) is 6.03. The van der Waals surface area contributed by atoms with Gasteiger partial charge in [-0.15, -0.1) is 0 Å². The third kappa shape index (κ3) is 4.49. The van der Waals surface area contributed by atoms with Crippen molar-refractivity contribution in [2.45, 2.75) is 32.4 Å². The van der Waals surface area contributed by atoms with Crippen LogP contribution in [0.15, 0.2) is 54.6 Å². The van der Waals surface area contributed by atoms with Crippen LogP contribution in [0.5, 0.6) is 11.5 Å². The van der Waals surface area contributed by atoms with Crippen molar-refractivity contribution in [2.75, 3.05) is 7.11 Å². The fourth-order valence-electron chi connectivity index (χ4n) is 2.36. The van der Waals surface area contributed by atoms with Gasteiger partial charge < -0.3 is 14.8 Å². The molecule has 4 heteroatoms. The maximum absolute atomic E-state index is 12.4. The summed E-state index contributed by atoms with van der Waals surface area (Å²) in [5.74, 6) is 1.03. The summed E-state index contributed by atoms with van der Waals surface area (Å²) in [6.45, 7) is 3.78. The molecular weight excluding hydrogens is 290 g/mol. The minimum Gasteiger partial charge on any atom is -0.493 e. The molecule has 2 aromatic carbocycles. The van der Waals surface area contributed by atoms with Crippen LogP contribution in [0.1, 0.15) is 31.9 Å². The molecule has 4 nitrogen and oxygen atoms in total. The SMILES string of the molecule is CCC(NC(=O)C(C)Oc1ccccc1OC)c1ccccc1. The predicted molar refractivity (Wildman–Crippen MR) is 90.7 cm³/mol. The van der Waals surface area contributed by atoms with Crippen LogP contribution in [0.2, 0.25) is 0 Å². The molecule has 0 radical (unpaired) electrons. The normalized spacial score (nSPS) is 13.0. The molecule has 2 atom stereocenters. The van der Waals surface area contributed by atoms with Gasteiger partial charge in [0.25, 0.3) is 5.91 Å². The molecule has 1 N–H and O–H groups in total. The monoisotopic (exact) mass is 313 g/mol. The van der Waals surface area contributed by atoms with E-state index in [2.05, 4.69) is 5.32 Å². The number of ether oxygens (including phenoxy) is 2. The Morgan fingerprint density at radius 3 is 2.26 bits per heavy atom. The second-order valence-corrected chi connectivity index (χ2v) is 5.29. The number of hydrogen-bond donors (Lipinski definition) is 1. The minimum atomic E-state index is -0.607. The van der Waals surface area contributed by atoms with Crippen molar-refractivity contribution >= 4 is 5.91 Å². The van der Waals surface area contributed by atoms with E-state index in [0.29, 0.717) is 11.5 Å². The third-order valence-electron chi connectivity index (χ3n) is 3.67. The molecule has 1 amide bonds. The Labute approximate surface area is 137 Å². The largest absolute Gasteiger partial charge is 0.493 e. The van der Waals surface area contributed by atoms with Gasteiger partial charge in [-0.2, -0.15) is 0 Å². The zero-order valence-corrected chi connectivity index (χ0v) is 13.8. The molecule has 0 spiro atoms. The van der Waals surface area contributed by atoms with Gasteiger partial charge in [0.1, 0.15) is 0 Å². The summed E-state index contributed by atoms with van der Waals surface area (Å²) in [7, 11) is 1.58. The van der Waals surface area contributed by atoms with Crippen LogP contribution in [0.4, 0.5) is 0 Å². The summed E-state index contributed by atoms with van der Waals surface area (Å²) in [5.41, 5.74) is 1.09. The number of hydrogen-bond acceptors (Lipinski definition) is 3. The van der Waals surface area contributed by atoms with Crippen molar-refractivity contribution in [1.29, 1.82) is 0 Å². The lowest BCUT2D eigenvalue weighted by atomic mass is 10.0. The zero-order chi connectivity index (χ0) is 16.7. The van der Waals surface area contributed by atoms with Gasteiger partial charge in [0.05, 0.1) is 13.2 Å². The number of carbonyl (C=O) groups is 1. The van der Waals surface area contributed by atoms with E-state index in [4.69, 9.17) is 9.47 Å². The molecule has 0 aliphatic rings. The Balaban J connectivity index is 2.02. The number of rotatable bonds is 7. The van der Waals surface area contributed by atoms with Crippen molar-refractivity contribution in [3.8, 4) is 11.5 Å². The van der Waals surface area contributed by atoms with Crippen LogP contribution in [-0.2, 0) is 4.79 Å². The Morgan fingerprint density at radius 2 is 1.65 bits per heavy atom. The van der Waals surface area contributed by atoms with Gasteiger partial charge in [-0.25, -0.2) is 0 Å². The number of benzene rings is 2. The van der Waals surface area contributed by atoms with Crippen LogP contribution in [0.25, 0.3) is 0 Å². The number of para-hydroxylation sites is 2. The summed E-state index contributed by atoms with van der Waals surface area (Å²) < 4.78 is 11.0. The average Bonchev–Trinajstić information content (AvgIpc) is 2.60. The lowest BCUT2D eigenvalue weighted by Crippen LogP contribution is -2.38. The molecule has 2 unspecified atom stereocenters. The molecule has 0 aliphatic heterocycles. The Morgan fingerprint density at radius 1 is 1.04 bits per heavy atom. The Hall–Kier alpha value is -2.49.